The van der Waals surface area contributed by atoms with Crippen LogP contribution in [0, 0.1) is 0 Å². The summed E-state index contributed by atoms with van der Waals surface area (Å²) in [5.41, 5.74) is 2.13. The highest BCUT2D eigenvalue weighted by molar-refractivity contribution is 5.80. The van der Waals surface area contributed by atoms with Crippen molar-refractivity contribution < 1.29 is 9.84 Å². The molecule has 1 N–H and O–H groups in total. The van der Waals surface area contributed by atoms with Crippen molar-refractivity contribution >= 4 is 10.9 Å². The van der Waals surface area contributed by atoms with Crippen LogP contribution in [0.2, 0.25) is 0 Å². The van der Waals surface area contributed by atoms with Crippen molar-refractivity contribution in [1.82, 2.24) is 4.57 Å². The van der Waals surface area contributed by atoms with Gasteiger partial charge in [-0.3, -0.25) is 0 Å². The summed E-state index contributed by atoms with van der Waals surface area (Å²) in [5, 5.41) is 10.2. The highest BCUT2D eigenvalue weighted by Gasteiger charge is 2.05. The first kappa shape index (κ1) is 11.2. The van der Waals surface area contributed by atoms with E-state index < -0.39 is 0 Å². The average Bonchev–Trinajstić information content (AvgIpc) is 2.71. The third kappa shape index (κ3) is 2.10. The third-order valence-electron chi connectivity index (χ3n) is 2.87. The van der Waals surface area contributed by atoms with Gasteiger partial charge in [0.1, 0.15) is 0 Å². The van der Waals surface area contributed by atoms with Crippen LogP contribution >= 0.6 is 0 Å². The zero-order valence-electron chi connectivity index (χ0n) is 9.68. The summed E-state index contributed by atoms with van der Waals surface area (Å²) in [6, 6.07) is 8.08. The molecule has 0 amide bonds. The van der Waals surface area contributed by atoms with Gasteiger partial charge < -0.3 is 14.4 Å². The van der Waals surface area contributed by atoms with Crippen LogP contribution in [0.3, 0.4) is 0 Å². The van der Waals surface area contributed by atoms with E-state index in [2.05, 4.69) is 16.8 Å². The normalized spacial score (nSPS) is 13.2. The molecule has 86 valence electrons. The first-order chi connectivity index (χ1) is 7.74. The summed E-state index contributed by atoms with van der Waals surface area (Å²) in [5.74, 6) is 0. The first-order valence-corrected chi connectivity index (χ1v) is 5.46. The van der Waals surface area contributed by atoms with Crippen molar-refractivity contribution in [3.63, 3.8) is 0 Å². The van der Waals surface area contributed by atoms with Crippen LogP contribution in [-0.4, -0.2) is 22.9 Å². The zero-order chi connectivity index (χ0) is 11.5. The van der Waals surface area contributed by atoms with Crippen LogP contribution < -0.4 is 0 Å². The van der Waals surface area contributed by atoms with Crippen LogP contribution in [0.4, 0.5) is 0 Å². The van der Waals surface area contributed by atoms with Crippen molar-refractivity contribution in [2.75, 3.05) is 7.11 Å². The predicted molar refractivity (Wildman–Crippen MR) is 64.3 cm³/mol. The molecule has 0 bridgehead atoms. The Labute approximate surface area is 95.3 Å². The minimum absolute atomic E-state index is 0.0929. The van der Waals surface area contributed by atoms with E-state index in [4.69, 9.17) is 9.84 Å². The quantitative estimate of drug-likeness (QED) is 0.855. The largest absolute Gasteiger partial charge is 0.392 e. The number of nitrogens with zero attached hydrogens (tertiary/aromatic N) is 1. The number of hydrogen-bond donors (Lipinski definition) is 1. The van der Waals surface area contributed by atoms with E-state index in [1.807, 2.05) is 25.1 Å². The van der Waals surface area contributed by atoms with Gasteiger partial charge in [-0.05, 0) is 36.1 Å². The molecule has 0 radical (unpaired) electrons. The van der Waals surface area contributed by atoms with Crippen LogP contribution in [0.1, 0.15) is 12.5 Å². The molecule has 3 heteroatoms. The van der Waals surface area contributed by atoms with Crippen molar-refractivity contribution in [3.05, 3.63) is 36.0 Å². The highest BCUT2D eigenvalue weighted by atomic mass is 16.5. The second-order valence-corrected chi connectivity index (χ2v) is 4.07. The van der Waals surface area contributed by atoms with Crippen molar-refractivity contribution in [1.29, 1.82) is 0 Å². The maximum Gasteiger partial charge on any atom is 0.0722 e. The number of benzene rings is 1. The first-order valence-electron chi connectivity index (χ1n) is 5.46. The van der Waals surface area contributed by atoms with Crippen molar-refractivity contribution in [2.24, 2.45) is 0 Å². The van der Waals surface area contributed by atoms with Gasteiger partial charge in [-0.15, -0.1) is 0 Å². The van der Waals surface area contributed by atoms with Crippen molar-refractivity contribution in [2.45, 2.75) is 26.2 Å². The minimum Gasteiger partial charge on any atom is -0.392 e. The summed E-state index contributed by atoms with van der Waals surface area (Å²) >= 11 is 0. The van der Waals surface area contributed by atoms with Gasteiger partial charge in [0.2, 0.25) is 0 Å². The standard InChI is InChI=1S/C13H17NO2/c1-10(16-2)8-14-6-5-12-7-11(9-15)3-4-13(12)14/h3-7,10,15H,8-9H2,1-2H3. The molecule has 0 saturated heterocycles. The molecule has 0 aliphatic heterocycles. The number of aromatic nitrogens is 1. The van der Waals surface area contributed by atoms with E-state index in [1.165, 1.54) is 5.52 Å². The lowest BCUT2D eigenvalue weighted by Crippen LogP contribution is -2.13. The molecule has 0 aliphatic carbocycles. The topological polar surface area (TPSA) is 34.4 Å². The van der Waals surface area contributed by atoms with Gasteiger partial charge in [0, 0.05) is 25.4 Å². The minimum atomic E-state index is 0.0929. The smallest absolute Gasteiger partial charge is 0.0722 e. The number of fused-ring (bicyclic) bond motifs is 1. The molecule has 0 fully saturated rings. The lowest BCUT2D eigenvalue weighted by atomic mass is 10.2. The van der Waals surface area contributed by atoms with Gasteiger partial charge in [0.05, 0.1) is 12.7 Å². The van der Waals surface area contributed by atoms with E-state index in [9.17, 15) is 0 Å². The molecule has 3 nitrogen and oxygen atoms in total. The Morgan fingerprint density at radius 2 is 2.19 bits per heavy atom. The van der Waals surface area contributed by atoms with Crippen molar-refractivity contribution in [3.8, 4) is 0 Å². The van der Waals surface area contributed by atoms with Gasteiger partial charge in [-0.2, -0.15) is 0 Å². The molecular formula is C13H17NO2. The Hall–Kier alpha value is -1.32. The van der Waals surface area contributed by atoms with Gasteiger partial charge in [0.25, 0.3) is 0 Å². The Balaban J connectivity index is 2.34. The van der Waals surface area contributed by atoms with Gasteiger partial charge in [-0.25, -0.2) is 0 Å². The summed E-state index contributed by atoms with van der Waals surface area (Å²) in [7, 11) is 1.72. The Kier molecular flexibility index (Phi) is 3.27. The lowest BCUT2D eigenvalue weighted by Gasteiger charge is -2.11. The number of aliphatic hydroxyl groups is 1. The van der Waals surface area contributed by atoms with Crippen LogP contribution in [0.15, 0.2) is 30.5 Å². The Bertz CT molecular complexity index is 476. The molecule has 16 heavy (non-hydrogen) atoms. The average molecular weight is 219 g/mol. The SMILES string of the molecule is COC(C)Cn1ccc2cc(CO)ccc21. The number of methoxy groups -OCH3 is 1. The summed E-state index contributed by atoms with van der Waals surface area (Å²) in [6.45, 7) is 2.99. The molecule has 0 saturated carbocycles. The second kappa shape index (κ2) is 4.68. The van der Waals surface area contributed by atoms with Gasteiger partial charge in [-0.1, -0.05) is 6.07 Å². The molecule has 1 aromatic carbocycles. The highest BCUT2D eigenvalue weighted by Crippen LogP contribution is 2.18. The number of hydrogen-bond acceptors (Lipinski definition) is 2. The molecule has 0 aliphatic rings. The number of ether oxygens (including phenoxy) is 1. The van der Waals surface area contributed by atoms with Gasteiger partial charge in [0.15, 0.2) is 0 Å². The Morgan fingerprint density at radius 1 is 1.38 bits per heavy atom. The fraction of sp³-hybridized carbons (Fsp3) is 0.385. The molecule has 1 atom stereocenters. The second-order valence-electron chi connectivity index (χ2n) is 4.07. The fourth-order valence-corrected chi connectivity index (χ4v) is 1.86. The predicted octanol–water partition coefficient (Wildman–Crippen LogP) is 2.17. The fourth-order valence-electron chi connectivity index (χ4n) is 1.86. The molecular weight excluding hydrogens is 202 g/mol. The molecule has 2 aromatic rings. The summed E-state index contributed by atoms with van der Waals surface area (Å²) < 4.78 is 7.43. The number of aliphatic hydroxyl groups excluding tert-OH is 1. The summed E-state index contributed by atoms with van der Waals surface area (Å²) in [6.07, 6.45) is 2.26. The monoisotopic (exact) mass is 219 g/mol. The maximum absolute atomic E-state index is 9.06. The van der Waals surface area contributed by atoms with Crippen LogP contribution in [0.25, 0.3) is 10.9 Å². The molecule has 1 heterocycles. The molecule has 0 spiro atoms. The van der Waals surface area contributed by atoms with Crippen LogP contribution in [0.5, 0.6) is 0 Å². The molecule has 2 rings (SSSR count). The summed E-state index contributed by atoms with van der Waals surface area (Å²) in [4.78, 5) is 0. The Morgan fingerprint density at radius 3 is 2.88 bits per heavy atom. The van der Waals surface area contributed by atoms with E-state index in [-0.39, 0.29) is 12.7 Å². The zero-order valence-corrected chi connectivity index (χ0v) is 9.68. The van der Waals surface area contributed by atoms with E-state index in [1.54, 1.807) is 7.11 Å². The van der Waals surface area contributed by atoms with E-state index >= 15 is 0 Å². The van der Waals surface area contributed by atoms with E-state index in [0.29, 0.717) is 0 Å². The van der Waals surface area contributed by atoms with Crippen LogP contribution in [-0.2, 0) is 17.9 Å². The molecule has 1 unspecified atom stereocenters. The lowest BCUT2D eigenvalue weighted by molar-refractivity contribution is 0.104. The maximum atomic E-state index is 9.06. The molecule has 1 aromatic heterocycles. The third-order valence-corrected chi connectivity index (χ3v) is 2.87. The van der Waals surface area contributed by atoms with Gasteiger partial charge >= 0.3 is 0 Å². The van der Waals surface area contributed by atoms with E-state index in [0.717, 1.165) is 17.5 Å². The number of rotatable bonds is 4.